The predicted molar refractivity (Wildman–Crippen MR) is 72.2 cm³/mol. The van der Waals surface area contributed by atoms with Gasteiger partial charge in [0.05, 0.1) is 11.4 Å². The Morgan fingerprint density at radius 1 is 1.39 bits per heavy atom. The molecule has 18 heavy (non-hydrogen) atoms. The highest BCUT2D eigenvalue weighted by Gasteiger charge is 2.23. The van der Waals surface area contributed by atoms with Crippen LogP contribution in [0.25, 0.3) is 0 Å². The van der Waals surface area contributed by atoms with Crippen LogP contribution in [0.2, 0.25) is 0 Å². The second-order valence-electron chi connectivity index (χ2n) is 5.52. The molecular formula is C14H25N3O. The Hall–Kier alpha value is -0.870. The highest BCUT2D eigenvalue weighted by atomic mass is 16.3. The smallest absolute Gasteiger partial charge is 0.0597 e. The molecule has 0 bridgehead atoms. The fraction of sp³-hybridized carbons (Fsp3) is 0.786. The molecule has 4 nitrogen and oxygen atoms in total. The van der Waals surface area contributed by atoms with Crippen LogP contribution >= 0.6 is 0 Å². The van der Waals surface area contributed by atoms with Gasteiger partial charge < -0.3 is 10.4 Å². The average molecular weight is 251 g/mol. The third kappa shape index (κ3) is 3.33. The second kappa shape index (κ2) is 6.34. The van der Waals surface area contributed by atoms with Crippen LogP contribution in [-0.2, 0) is 13.6 Å². The molecule has 1 saturated carbocycles. The molecule has 2 N–H and O–H groups in total. The van der Waals surface area contributed by atoms with E-state index in [4.69, 9.17) is 0 Å². The fourth-order valence-electron chi connectivity index (χ4n) is 3.01. The molecule has 102 valence electrons. The van der Waals surface area contributed by atoms with E-state index in [1.54, 1.807) is 0 Å². The summed E-state index contributed by atoms with van der Waals surface area (Å²) in [6, 6.07) is 2.12. The summed E-state index contributed by atoms with van der Waals surface area (Å²) >= 11 is 0. The molecule has 1 aliphatic carbocycles. The minimum Gasteiger partial charge on any atom is -0.396 e. The Morgan fingerprint density at radius 2 is 2.11 bits per heavy atom. The molecule has 2 atom stereocenters. The summed E-state index contributed by atoms with van der Waals surface area (Å²) < 4.78 is 1.94. The maximum Gasteiger partial charge on any atom is 0.0597 e. The lowest BCUT2D eigenvalue weighted by Crippen LogP contribution is -2.32. The van der Waals surface area contributed by atoms with Crippen LogP contribution in [0, 0.1) is 18.8 Å². The van der Waals surface area contributed by atoms with Crippen molar-refractivity contribution in [2.75, 3.05) is 13.2 Å². The molecule has 2 unspecified atom stereocenters. The molecule has 0 radical (unpaired) electrons. The van der Waals surface area contributed by atoms with Gasteiger partial charge in [0, 0.05) is 20.2 Å². The van der Waals surface area contributed by atoms with Crippen LogP contribution < -0.4 is 5.32 Å². The van der Waals surface area contributed by atoms with Crippen molar-refractivity contribution in [2.45, 2.75) is 39.2 Å². The van der Waals surface area contributed by atoms with Gasteiger partial charge in [-0.25, -0.2) is 0 Å². The van der Waals surface area contributed by atoms with Crippen molar-refractivity contribution in [2.24, 2.45) is 18.9 Å². The normalized spacial score (nSPS) is 24.4. The Bertz CT molecular complexity index is 375. The summed E-state index contributed by atoms with van der Waals surface area (Å²) in [5, 5.41) is 17.2. The Morgan fingerprint density at radius 3 is 2.72 bits per heavy atom. The number of aromatic nitrogens is 2. The minimum atomic E-state index is 0.344. The third-order valence-electron chi connectivity index (χ3n) is 4.11. The first-order valence-corrected chi connectivity index (χ1v) is 7.01. The summed E-state index contributed by atoms with van der Waals surface area (Å²) in [6.45, 7) is 4.24. The molecule has 0 spiro atoms. The first-order valence-electron chi connectivity index (χ1n) is 7.01. The van der Waals surface area contributed by atoms with Gasteiger partial charge in [-0.1, -0.05) is 12.8 Å². The van der Waals surface area contributed by atoms with Crippen LogP contribution in [0.1, 0.15) is 37.1 Å². The topological polar surface area (TPSA) is 50.1 Å². The van der Waals surface area contributed by atoms with E-state index < -0.39 is 0 Å². The largest absolute Gasteiger partial charge is 0.396 e. The zero-order chi connectivity index (χ0) is 13.0. The molecule has 4 heteroatoms. The molecule has 1 aromatic rings. The summed E-state index contributed by atoms with van der Waals surface area (Å²) in [7, 11) is 1.99. The van der Waals surface area contributed by atoms with E-state index in [9.17, 15) is 5.11 Å². The molecule has 1 fully saturated rings. The van der Waals surface area contributed by atoms with Gasteiger partial charge in [-0.05, 0) is 44.2 Å². The van der Waals surface area contributed by atoms with Crippen molar-refractivity contribution in [1.82, 2.24) is 15.1 Å². The van der Waals surface area contributed by atoms with E-state index in [1.807, 2.05) is 18.7 Å². The molecule has 2 rings (SSSR count). The van der Waals surface area contributed by atoms with Gasteiger partial charge >= 0.3 is 0 Å². The van der Waals surface area contributed by atoms with Gasteiger partial charge in [-0.2, -0.15) is 5.10 Å². The van der Waals surface area contributed by atoms with E-state index in [2.05, 4.69) is 16.5 Å². The number of nitrogens with zero attached hydrogens (tertiary/aromatic N) is 2. The third-order valence-corrected chi connectivity index (χ3v) is 4.11. The number of hydrogen-bond donors (Lipinski definition) is 2. The lowest BCUT2D eigenvalue weighted by Gasteiger charge is -2.30. The number of hydrogen-bond acceptors (Lipinski definition) is 3. The highest BCUT2D eigenvalue weighted by Crippen LogP contribution is 2.29. The molecule has 1 aromatic heterocycles. The standard InChI is InChI=1S/C14H25N3O/c1-11-7-14(17(2)16-11)9-15-8-12-5-3-4-6-13(12)10-18/h7,12-13,15,18H,3-6,8-10H2,1-2H3. The van der Waals surface area contributed by atoms with E-state index in [1.165, 1.54) is 31.4 Å². The summed E-state index contributed by atoms with van der Waals surface area (Å²) in [5.74, 6) is 1.14. The first kappa shape index (κ1) is 13.6. The van der Waals surface area contributed by atoms with Crippen molar-refractivity contribution >= 4 is 0 Å². The van der Waals surface area contributed by atoms with E-state index in [0.29, 0.717) is 18.4 Å². The molecule has 1 aliphatic rings. The maximum atomic E-state index is 9.38. The number of aliphatic hydroxyl groups excluding tert-OH is 1. The van der Waals surface area contributed by atoms with Gasteiger partial charge in [0.25, 0.3) is 0 Å². The van der Waals surface area contributed by atoms with Gasteiger partial charge in [0.2, 0.25) is 0 Å². The molecule has 0 amide bonds. The monoisotopic (exact) mass is 251 g/mol. The zero-order valence-electron chi connectivity index (χ0n) is 11.5. The van der Waals surface area contributed by atoms with Crippen LogP contribution in [0.4, 0.5) is 0 Å². The predicted octanol–water partition coefficient (Wildman–Crippen LogP) is 1.62. The summed E-state index contributed by atoms with van der Waals surface area (Å²) in [4.78, 5) is 0. The number of aryl methyl sites for hydroxylation is 2. The van der Waals surface area contributed by atoms with Crippen LogP contribution in [0.15, 0.2) is 6.07 Å². The van der Waals surface area contributed by atoms with Gasteiger partial charge in [0.15, 0.2) is 0 Å². The molecule has 0 aliphatic heterocycles. The van der Waals surface area contributed by atoms with Gasteiger partial charge in [-0.3, -0.25) is 4.68 Å². The minimum absolute atomic E-state index is 0.344. The van der Waals surface area contributed by atoms with Crippen molar-refractivity contribution in [3.63, 3.8) is 0 Å². The van der Waals surface area contributed by atoms with Gasteiger partial charge in [-0.15, -0.1) is 0 Å². The van der Waals surface area contributed by atoms with E-state index >= 15 is 0 Å². The number of rotatable bonds is 5. The lowest BCUT2D eigenvalue weighted by atomic mass is 9.79. The Kier molecular flexibility index (Phi) is 4.78. The SMILES string of the molecule is Cc1cc(CNCC2CCCCC2CO)n(C)n1. The quantitative estimate of drug-likeness (QED) is 0.836. The lowest BCUT2D eigenvalue weighted by molar-refractivity contribution is 0.133. The number of nitrogens with one attached hydrogen (secondary N) is 1. The second-order valence-corrected chi connectivity index (χ2v) is 5.52. The maximum absolute atomic E-state index is 9.38. The first-order chi connectivity index (χ1) is 8.70. The molecular weight excluding hydrogens is 226 g/mol. The van der Waals surface area contributed by atoms with E-state index in [0.717, 1.165) is 18.8 Å². The average Bonchev–Trinajstić information content (AvgIpc) is 2.68. The van der Waals surface area contributed by atoms with Crippen LogP contribution in [-0.4, -0.2) is 28.0 Å². The van der Waals surface area contributed by atoms with Gasteiger partial charge in [0.1, 0.15) is 0 Å². The number of aliphatic hydroxyl groups is 1. The van der Waals surface area contributed by atoms with Crippen molar-refractivity contribution in [1.29, 1.82) is 0 Å². The summed E-state index contributed by atoms with van der Waals surface area (Å²) in [6.07, 6.45) is 5.03. The van der Waals surface area contributed by atoms with E-state index in [-0.39, 0.29) is 0 Å². The van der Waals surface area contributed by atoms with Crippen molar-refractivity contribution in [3.8, 4) is 0 Å². The Labute approximate surface area is 109 Å². The van der Waals surface area contributed by atoms with Crippen LogP contribution in [0.3, 0.4) is 0 Å². The molecule has 0 saturated heterocycles. The fourth-order valence-corrected chi connectivity index (χ4v) is 3.01. The van der Waals surface area contributed by atoms with Crippen molar-refractivity contribution < 1.29 is 5.11 Å². The molecule has 0 aromatic carbocycles. The van der Waals surface area contributed by atoms with Crippen LogP contribution in [0.5, 0.6) is 0 Å². The zero-order valence-corrected chi connectivity index (χ0v) is 11.5. The van der Waals surface area contributed by atoms with Crippen molar-refractivity contribution in [3.05, 3.63) is 17.5 Å². The highest BCUT2D eigenvalue weighted by molar-refractivity contribution is 5.08. The molecule has 1 heterocycles. The summed E-state index contributed by atoms with van der Waals surface area (Å²) in [5.41, 5.74) is 2.30. The Balaban J connectivity index is 1.79.